The quantitative estimate of drug-likeness (QED) is 0.917. The number of nitrogens with zero attached hydrogens (tertiary/aromatic N) is 3. The number of aryl methyl sites for hydroxylation is 1. The lowest BCUT2D eigenvalue weighted by Gasteiger charge is -2.11. The summed E-state index contributed by atoms with van der Waals surface area (Å²) < 4.78 is 7.78. The van der Waals surface area contributed by atoms with Crippen LogP contribution < -0.4 is 10.5 Å². The van der Waals surface area contributed by atoms with Crippen molar-refractivity contribution in [1.29, 1.82) is 0 Å². The highest BCUT2D eigenvalue weighted by atomic mass is 16.5. The highest BCUT2D eigenvalue weighted by Crippen LogP contribution is 2.31. The third-order valence-corrected chi connectivity index (χ3v) is 3.84. The highest BCUT2D eigenvalue weighted by Gasteiger charge is 2.19. The molecule has 1 heterocycles. The maximum absolute atomic E-state index is 6.05. The molecule has 0 unspecified atom stereocenters. The van der Waals surface area contributed by atoms with E-state index in [1.54, 1.807) is 6.33 Å². The van der Waals surface area contributed by atoms with E-state index in [-0.39, 0.29) is 6.04 Å². The maximum atomic E-state index is 6.05. The van der Waals surface area contributed by atoms with E-state index >= 15 is 0 Å². The molecule has 5 heteroatoms. The molecule has 0 amide bonds. The predicted molar refractivity (Wildman–Crippen MR) is 80.9 cm³/mol. The zero-order chi connectivity index (χ0) is 14.8. The van der Waals surface area contributed by atoms with Crippen molar-refractivity contribution >= 4 is 0 Å². The first kappa shape index (κ1) is 14.1. The zero-order valence-corrected chi connectivity index (χ0v) is 12.6. The van der Waals surface area contributed by atoms with Gasteiger partial charge < -0.3 is 10.5 Å². The highest BCUT2D eigenvalue weighted by molar-refractivity contribution is 5.40. The number of rotatable bonds is 5. The van der Waals surface area contributed by atoms with Gasteiger partial charge >= 0.3 is 0 Å². The van der Waals surface area contributed by atoms with Crippen molar-refractivity contribution in [3.05, 3.63) is 41.5 Å². The lowest BCUT2D eigenvalue weighted by molar-refractivity contribution is 0.282. The van der Waals surface area contributed by atoms with Gasteiger partial charge in [-0.15, -0.1) is 0 Å². The molecule has 0 fully saturated rings. The van der Waals surface area contributed by atoms with Crippen LogP contribution in [0, 0.1) is 5.92 Å². The Morgan fingerprint density at radius 2 is 2.29 bits per heavy atom. The van der Waals surface area contributed by atoms with Crippen LogP contribution in [0.25, 0.3) is 0 Å². The summed E-state index contributed by atoms with van der Waals surface area (Å²) in [6.07, 6.45) is 3.65. The first-order chi connectivity index (χ1) is 10.1. The fourth-order valence-corrected chi connectivity index (χ4v) is 2.76. The summed E-state index contributed by atoms with van der Waals surface area (Å²) >= 11 is 0. The number of benzene rings is 1. The van der Waals surface area contributed by atoms with E-state index in [9.17, 15) is 0 Å². The van der Waals surface area contributed by atoms with Crippen LogP contribution in [-0.4, -0.2) is 14.8 Å². The largest absolute Gasteiger partial charge is 0.486 e. The van der Waals surface area contributed by atoms with Gasteiger partial charge in [-0.2, -0.15) is 5.10 Å². The predicted octanol–water partition coefficient (Wildman–Crippen LogP) is 2.46. The minimum atomic E-state index is 0.184. The van der Waals surface area contributed by atoms with Crippen LogP contribution in [-0.2, 0) is 19.6 Å². The number of hydrogen-bond donors (Lipinski definition) is 1. The summed E-state index contributed by atoms with van der Waals surface area (Å²) in [4.78, 5) is 4.28. The van der Waals surface area contributed by atoms with E-state index in [4.69, 9.17) is 10.5 Å². The summed E-state index contributed by atoms with van der Waals surface area (Å²) in [5.41, 5.74) is 8.62. The normalized spacial score (nSPS) is 17.2. The van der Waals surface area contributed by atoms with Crippen molar-refractivity contribution in [2.24, 2.45) is 11.7 Å². The zero-order valence-electron chi connectivity index (χ0n) is 12.6. The summed E-state index contributed by atoms with van der Waals surface area (Å²) in [5, 5.41) is 4.25. The Balaban J connectivity index is 1.67. The third kappa shape index (κ3) is 3.08. The minimum absolute atomic E-state index is 0.184. The standard InChI is InChI=1S/C16H22N4O/c1-11(2)8-20-16(18-10-19-20)9-21-13-4-5-14-12(7-13)3-6-15(14)17/h4-5,7,10-11,15H,3,6,8-9,17H2,1-2H3/t15-/m1/s1. The SMILES string of the molecule is CC(C)Cn1ncnc1COc1ccc2c(c1)CC[C@H]2N. The number of fused-ring (bicyclic) bond motifs is 1. The monoisotopic (exact) mass is 286 g/mol. The second-order valence-corrected chi connectivity index (χ2v) is 6.05. The molecule has 5 nitrogen and oxygen atoms in total. The van der Waals surface area contributed by atoms with Gasteiger partial charge in [-0.1, -0.05) is 19.9 Å². The number of hydrogen-bond acceptors (Lipinski definition) is 4. The molecule has 2 N–H and O–H groups in total. The molecule has 2 aromatic rings. The lowest BCUT2D eigenvalue weighted by Crippen LogP contribution is -2.12. The molecule has 1 aromatic heterocycles. The van der Waals surface area contributed by atoms with Gasteiger partial charge in [0.25, 0.3) is 0 Å². The fraction of sp³-hybridized carbons (Fsp3) is 0.500. The van der Waals surface area contributed by atoms with Crippen LogP contribution in [0.1, 0.15) is 43.3 Å². The van der Waals surface area contributed by atoms with Crippen molar-refractivity contribution in [2.75, 3.05) is 0 Å². The van der Waals surface area contributed by atoms with Crippen LogP contribution in [0.2, 0.25) is 0 Å². The smallest absolute Gasteiger partial charge is 0.164 e. The molecular weight excluding hydrogens is 264 g/mol. The van der Waals surface area contributed by atoms with E-state index < -0.39 is 0 Å². The molecule has 1 aliphatic rings. The number of ether oxygens (including phenoxy) is 1. The molecule has 1 aromatic carbocycles. The van der Waals surface area contributed by atoms with E-state index in [1.807, 2.05) is 10.7 Å². The van der Waals surface area contributed by atoms with Crippen molar-refractivity contribution in [3.63, 3.8) is 0 Å². The van der Waals surface area contributed by atoms with Crippen molar-refractivity contribution in [3.8, 4) is 5.75 Å². The molecule has 0 bridgehead atoms. The van der Waals surface area contributed by atoms with Gasteiger partial charge in [0.1, 0.15) is 18.7 Å². The average Bonchev–Trinajstić information content (AvgIpc) is 3.03. The summed E-state index contributed by atoms with van der Waals surface area (Å²) in [6.45, 7) is 5.63. The first-order valence-corrected chi connectivity index (χ1v) is 7.51. The Hall–Kier alpha value is -1.88. The topological polar surface area (TPSA) is 66.0 Å². The second kappa shape index (κ2) is 5.85. The molecule has 0 spiro atoms. The molecular formula is C16H22N4O. The first-order valence-electron chi connectivity index (χ1n) is 7.51. The van der Waals surface area contributed by atoms with Crippen LogP contribution in [0.4, 0.5) is 0 Å². The van der Waals surface area contributed by atoms with Gasteiger partial charge in [-0.3, -0.25) is 0 Å². The van der Waals surface area contributed by atoms with Crippen molar-refractivity contribution < 1.29 is 4.74 Å². The summed E-state index contributed by atoms with van der Waals surface area (Å²) in [6, 6.07) is 6.36. The Morgan fingerprint density at radius 3 is 3.10 bits per heavy atom. The molecule has 0 saturated heterocycles. The Labute approximate surface area is 125 Å². The van der Waals surface area contributed by atoms with Crippen LogP contribution in [0.3, 0.4) is 0 Å². The Kier molecular flexibility index (Phi) is 3.92. The Morgan fingerprint density at radius 1 is 1.43 bits per heavy atom. The molecule has 0 radical (unpaired) electrons. The fourth-order valence-electron chi connectivity index (χ4n) is 2.76. The molecule has 1 aliphatic carbocycles. The van der Waals surface area contributed by atoms with Gasteiger partial charge in [0, 0.05) is 12.6 Å². The third-order valence-electron chi connectivity index (χ3n) is 3.84. The number of aromatic nitrogens is 3. The van der Waals surface area contributed by atoms with Crippen LogP contribution in [0.15, 0.2) is 24.5 Å². The van der Waals surface area contributed by atoms with Gasteiger partial charge in [-0.25, -0.2) is 9.67 Å². The average molecular weight is 286 g/mol. The summed E-state index contributed by atoms with van der Waals surface area (Å²) in [5.74, 6) is 2.27. The van der Waals surface area contributed by atoms with E-state index in [2.05, 4.69) is 36.1 Å². The van der Waals surface area contributed by atoms with E-state index in [0.717, 1.165) is 31.0 Å². The van der Waals surface area contributed by atoms with E-state index in [0.29, 0.717) is 12.5 Å². The van der Waals surface area contributed by atoms with Crippen molar-refractivity contribution in [1.82, 2.24) is 14.8 Å². The Bertz CT molecular complexity index is 620. The molecule has 21 heavy (non-hydrogen) atoms. The molecule has 1 atom stereocenters. The second-order valence-electron chi connectivity index (χ2n) is 6.05. The van der Waals surface area contributed by atoms with Gasteiger partial charge in [0.2, 0.25) is 0 Å². The van der Waals surface area contributed by atoms with Crippen LogP contribution >= 0.6 is 0 Å². The number of nitrogens with two attached hydrogens (primary N) is 1. The lowest BCUT2D eigenvalue weighted by atomic mass is 10.1. The van der Waals surface area contributed by atoms with Gasteiger partial charge in [0.05, 0.1) is 0 Å². The van der Waals surface area contributed by atoms with Gasteiger partial charge in [0.15, 0.2) is 5.82 Å². The van der Waals surface area contributed by atoms with Crippen LogP contribution in [0.5, 0.6) is 5.75 Å². The molecule has 112 valence electrons. The minimum Gasteiger partial charge on any atom is -0.486 e. The maximum Gasteiger partial charge on any atom is 0.164 e. The van der Waals surface area contributed by atoms with Gasteiger partial charge in [-0.05, 0) is 42.0 Å². The summed E-state index contributed by atoms with van der Waals surface area (Å²) in [7, 11) is 0. The van der Waals surface area contributed by atoms with Crippen molar-refractivity contribution in [2.45, 2.75) is 45.9 Å². The van der Waals surface area contributed by atoms with E-state index in [1.165, 1.54) is 11.1 Å². The molecule has 3 rings (SSSR count). The molecule has 0 saturated carbocycles. The molecule has 0 aliphatic heterocycles.